The number of methoxy groups -OCH3 is 1. The highest BCUT2D eigenvalue weighted by atomic mass is 79.9. The zero-order chi connectivity index (χ0) is 18.0. The molecule has 2 aromatic carbocycles. The van der Waals surface area contributed by atoms with Crippen LogP contribution in [0.4, 0.5) is 5.69 Å². The zero-order valence-electron chi connectivity index (χ0n) is 13.7. The van der Waals surface area contributed by atoms with Crippen LogP contribution < -0.4 is 4.74 Å². The van der Waals surface area contributed by atoms with Gasteiger partial charge in [-0.25, -0.2) is 0 Å². The summed E-state index contributed by atoms with van der Waals surface area (Å²) in [4.78, 5) is 14.9. The average Bonchev–Trinajstić information content (AvgIpc) is 2.88. The molecule has 3 aromatic rings. The van der Waals surface area contributed by atoms with Crippen molar-refractivity contribution in [1.82, 2.24) is 4.98 Å². The number of H-pyrrole nitrogens is 1. The highest BCUT2D eigenvalue weighted by molar-refractivity contribution is 9.10. The molecule has 0 unspecified atom stereocenters. The van der Waals surface area contributed by atoms with Gasteiger partial charge in [0, 0.05) is 9.86 Å². The molecule has 1 amide bonds. The number of nitrogens with one attached hydrogen (secondary N) is 1. The van der Waals surface area contributed by atoms with Crippen molar-refractivity contribution in [2.24, 2.45) is 10.2 Å². The van der Waals surface area contributed by atoms with E-state index in [1.165, 1.54) is 0 Å². The average molecular weight is 402 g/mol. The molecule has 0 fully saturated rings. The minimum atomic E-state index is -0.396. The first-order chi connectivity index (χ1) is 12.0. The van der Waals surface area contributed by atoms with E-state index in [9.17, 15) is 9.90 Å². The third-order valence-electron chi connectivity index (χ3n) is 3.81. The van der Waals surface area contributed by atoms with Crippen molar-refractivity contribution < 1.29 is 14.6 Å². The number of hydrogen-bond acceptors (Lipinski definition) is 4. The fourth-order valence-electron chi connectivity index (χ4n) is 2.46. The van der Waals surface area contributed by atoms with E-state index in [1.54, 1.807) is 31.4 Å². The quantitative estimate of drug-likeness (QED) is 0.615. The largest absolute Gasteiger partial charge is 0.497 e. The van der Waals surface area contributed by atoms with E-state index < -0.39 is 5.91 Å². The Morgan fingerprint density at radius 3 is 2.68 bits per heavy atom. The molecule has 0 aliphatic carbocycles. The number of aryl methyl sites for hydroxylation is 1. The Hall–Kier alpha value is -2.67. The molecule has 3 rings (SSSR count). The Balaban J connectivity index is 1.81. The lowest BCUT2D eigenvalue weighted by Gasteiger charge is -2.00. The summed E-state index contributed by atoms with van der Waals surface area (Å²) in [6.45, 7) is 1.93. The monoisotopic (exact) mass is 401 g/mol. The number of fused-ring (bicyclic) bond motifs is 1. The number of hydrogen-bond donors (Lipinski definition) is 2. The summed E-state index contributed by atoms with van der Waals surface area (Å²) >= 11 is 3.44. The Bertz CT molecular complexity index is 962. The molecular weight excluding hydrogens is 386 g/mol. The number of carbonyl (C=O) groups excluding carboxylic acids is 1. The van der Waals surface area contributed by atoms with Crippen LogP contribution >= 0.6 is 15.9 Å². The summed E-state index contributed by atoms with van der Waals surface area (Å²) in [6.07, 6.45) is 0.126. The Morgan fingerprint density at radius 2 is 2.00 bits per heavy atom. The third kappa shape index (κ3) is 3.71. The second-order valence-corrected chi connectivity index (χ2v) is 6.44. The molecule has 7 heteroatoms. The van der Waals surface area contributed by atoms with Gasteiger partial charge in [-0.3, -0.25) is 4.79 Å². The van der Waals surface area contributed by atoms with Crippen molar-refractivity contribution in [3.63, 3.8) is 0 Å². The summed E-state index contributed by atoms with van der Waals surface area (Å²) in [5.74, 6) is 0.212. The van der Waals surface area contributed by atoms with Gasteiger partial charge >= 0.3 is 0 Å². The molecule has 128 valence electrons. The number of halogens is 1. The molecular formula is C18H16BrN3O3. The molecule has 0 saturated heterocycles. The minimum Gasteiger partial charge on any atom is -0.497 e. The number of azo groups is 1. The van der Waals surface area contributed by atoms with Crippen LogP contribution in [0.25, 0.3) is 10.9 Å². The lowest BCUT2D eigenvalue weighted by molar-refractivity contribution is -0.117. The maximum atomic E-state index is 12.0. The molecule has 0 aliphatic rings. The topological polar surface area (TPSA) is 87.0 Å². The van der Waals surface area contributed by atoms with Gasteiger partial charge in [-0.05, 0) is 42.3 Å². The van der Waals surface area contributed by atoms with E-state index in [0.29, 0.717) is 10.9 Å². The van der Waals surface area contributed by atoms with Crippen LogP contribution in [0.5, 0.6) is 11.6 Å². The van der Waals surface area contributed by atoms with Crippen molar-refractivity contribution in [3.8, 4) is 11.6 Å². The van der Waals surface area contributed by atoms with Gasteiger partial charge in [-0.2, -0.15) is 0 Å². The molecule has 1 aromatic heterocycles. The number of ether oxygens (including phenoxy) is 1. The second kappa shape index (κ2) is 7.06. The predicted molar refractivity (Wildman–Crippen MR) is 98.6 cm³/mol. The first-order valence-electron chi connectivity index (χ1n) is 7.56. The van der Waals surface area contributed by atoms with E-state index in [4.69, 9.17) is 4.74 Å². The molecule has 0 saturated carbocycles. The number of carbonyl (C=O) groups is 1. The number of nitrogens with zero attached hydrogens (tertiary/aromatic N) is 2. The van der Waals surface area contributed by atoms with Crippen molar-refractivity contribution in [2.45, 2.75) is 13.3 Å². The summed E-state index contributed by atoms with van der Waals surface area (Å²) < 4.78 is 6.00. The summed E-state index contributed by atoms with van der Waals surface area (Å²) in [6, 6.07) is 10.9. The van der Waals surface area contributed by atoms with Gasteiger partial charge < -0.3 is 14.8 Å². The summed E-state index contributed by atoms with van der Waals surface area (Å²) in [5, 5.41) is 18.4. The normalized spacial score (nSPS) is 11.3. The SMILES string of the molecule is COc1ccc(CC(=O)N=Nc2c(O)[nH]c3cc(Br)c(C)cc23)cc1. The Kier molecular flexibility index (Phi) is 4.85. The van der Waals surface area contributed by atoms with Crippen molar-refractivity contribution in [3.05, 3.63) is 52.0 Å². The number of benzene rings is 2. The maximum absolute atomic E-state index is 12.0. The molecule has 0 aliphatic heterocycles. The molecule has 0 bridgehead atoms. The lowest BCUT2D eigenvalue weighted by Crippen LogP contribution is -1.97. The molecule has 25 heavy (non-hydrogen) atoms. The van der Waals surface area contributed by atoms with Gasteiger partial charge in [-0.1, -0.05) is 28.1 Å². The van der Waals surface area contributed by atoms with Gasteiger partial charge in [0.25, 0.3) is 5.91 Å². The predicted octanol–water partition coefficient (Wildman–Crippen LogP) is 4.81. The van der Waals surface area contributed by atoms with E-state index in [1.807, 2.05) is 19.1 Å². The molecule has 0 radical (unpaired) electrons. The first kappa shape index (κ1) is 17.2. The minimum absolute atomic E-state index is 0.117. The van der Waals surface area contributed by atoms with Crippen molar-refractivity contribution in [2.75, 3.05) is 7.11 Å². The van der Waals surface area contributed by atoms with E-state index >= 15 is 0 Å². The summed E-state index contributed by atoms with van der Waals surface area (Å²) in [5.41, 5.74) is 2.78. The standard InChI is InChI=1S/C18H16BrN3O3/c1-10-7-13-15(9-14(10)19)20-18(24)17(13)22-21-16(23)8-11-3-5-12(25-2)6-4-11/h3-7,9,20,24H,8H2,1-2H3. The third-order valence-corrected chi connectivity index (χ3v) is 4.66. The lowest BCUT2D eigenvalue weighted by atomic mass is 10.1. The Morgan fingerprint density at radius 1 is 1.28 bits per heavy atom. The van der Waals surface area contributed by atoms with Gasteiger partial charge in [-0.15, -0.1) is 10.2 Å². The first-order valence-corrected chi connectivity index (χ1v) is 8.35. The van der Waals surface area contributed by atoms with Crippen LogP contribution in [-0.4, -0.2) is 23.1 Å². The van der Waals surface area contributed by atoms with Gasteiger partial charge in [0.1, 0.15) is 5.75 Å². The van der Waals surface area contributed by atoms with Crippen LogP contribution in [-0.2, 0) is 11.2 Å². The second-order valence-electron chi connectivity index (χ2n) is 5.59. The maximum Gasteiger partial charge on any atom is 0.269 e. The van der Waals surface area contributed by atoms with Crippen LogP contribution in [0.1, 0.15) is 11.1 Å². The smallest absolute Gasteiger partial charge is 0.269 e. The number of aromatic nitrogens is 1. The molecule has 0 spiro atoms. The van der Waals surface area contributed by atoms with E-state index in [2.05, 4.69) is 31.1 Å². The zero-order valence-corrected chi connectivity index (χ0v) is 15.3. The number of rotatable bonds is 4. The molecule has 1 heterocycles. The van der Waals surface area contributed by atoms with Crippen molar-refractivity contribution in [1.29, 1.82) is 0 Å². The van der Waals surface area contributed by atoms with Gasteiger partial charge in [0.15, 0.2) is 5.69 Å². The van der Waals surface area contributed by atoms with Crippen LogP contribution in [0, 0.1) is 6.92 Å². The van der Waals surface area contributed by atoms with Crippen LogP contribution in [0.3, 0.4) is 0 Å². The molecule has 2 N–H and O–H groups in total. The Labute approximate surface area is 152 Å². The van der Waals surface area contributed by atoms with Crippen molar-refractivity contribution >= 4 is 38.4 Å². The van der Waals surface area contributed by atoms with E-state index in [0.717, 1.165) is 21.3 Å². The number of aromatic hydroxyl groups is 1. The van der Waals surface area contributed by atoms with Crippen LogP contribution in [0.2, 0.25) is 0 Å². The van der Waals surface area contributed by atoms with Gasteiger partial charge in [0.05, 0.1) is 19.0 Å². The summed E-state index contributed by atoms with van der Waals surface area (Å²) in [7, 11) is 1.59. The fraction of sp³-hybridized carbons (Fsp3) is 0.167. The molecule has 6 nitrogen and oxygen atoms in total. The van der Waals surface area contributed by atoms with Gasteiger partial charge in [0.2, 0.25) is 5.88 Å². The number of aromatic amines is 1. The van der Waals surface area contributed by atoms with Crippen LogP contribution in [0.15, 0.2) is 51.1 Å². The highest BCUT2D eigenvalue weighted by Gasteiger charge is 2.13. The molecule has 0 atom stereocenters. The fourth-order valence-corrected chi connectivity index (χ4v) is 2.80. The highest BCUT2D eigenvalue weighted by Crippen LogP contribution is 2.37. The van der Waals surface area contributed by atoms with E-state index in [-0.39, 0.29) is 18.0 Å². The number of amides is 1.